The number of benzene rings is 5. The van der Waals surface area contributed by atoms with Gasteiger partial charge in [-0.15, -0.1) is 14.8 Å². The molecule has 8 heteroatoms. The van der Waals surface area contributed by atoms with E-state index >= 15 is 0 Å². The van der Waals surface area contributed by atoms with Crippen molar-refractivity contribution in [2.24, 2.45) is 0 Å². The van der Waals surface area contributed by atoms with Crippen molar-refractivity contribution in [3.05, 3.63) is 179 Å². The molecule has 0 fully saturated rings. The quantitative estimate of drug-likeness (QED) is 0.122. The van der Waals surface area contributed by atoms with Gasteiger partial charge in [0.15, 0.2) is 11.5 Å². The summed E-state index contributed by atoms with van der Waals surface area (Å²) in [7, 11) is 0. The van der Waals surface area contributed by atoms with Gasteiger partial charge in [0.25, 0.3) is 0 Å². The zero-order chi connectivity index (χ0) is 34.6. The van der Waals surface area contributed by atoms with Crippen LogP contribution in [0.5, 0.6) is 0 Å². The Kier molecular flexibility index (Phi) is 8.80. The summed E-state index contributed by atoms with van der Waals surface area (Å²) in [6, 6.07) is 50.9. The number of unbranched alkanes of at least 4 members (excludes halogenated alkanes) is 1. The molecule has 0 radical (unpaired) electrons. The topological polar surface area (TPSA) is 78.7 Å². The third-order valence-electron chi connectivity index (χ3n) is 9.76. The number of rotatable bonds is 12. The van der Waals surface area contributed by atoms with Gasteiger partial charge in [0, 0.05) is 18.1 Å². The summed E-state index contributed by atoms with van der Waals surface area (Å²) in [5.74, 6) is 1.71. The van der Waals surface area contributed by atoms with Gasteiger partial charge in [0.05, 0.1) is 12.2 Å². The molecule has 51 heavy (non-hydrogen) atoms. The van der Waals surface area contributed by atoms with Crippen molar-refractivity contribution < 1.29 is 0 Å². The number of aromatic nitrogens is 8. The van der Waals surface area contributed by atoms with E-state index in [1.807, 2.05) is 22.9 Å². The van der Waals surface area contributed by atoms with E-state index in [1.54, 1.807) is 4.63 Å². The molecule has 0 spiro atoms. The summed E-state index contributed by atoms with van der Waals surface area (Å²) in [6.45, 7) is 5.08. The van der Waals surface area contributed by atoms with E-state index < -0.39 is 5.54 Å². The van der Waals surface area contributed by atoms with Crippen LogP contribution >= 0.6 is 0 Å². The molecular weight excluding hydrogens is 629 g/mol. The highest BCUT2D eigenvalue weighted by atomic mass is 15.6. The lowest BCUT2D eigenvalue weighted by atomic mass is 9.77. The van der Waals surface area contributed by atoms with Crippen LogP contribution in [0.25, 0.3) is 28.2 Å². The van der Waals surface area contributed by atoms with Crippen molar-refractivity contribution >= 4 is 5.65 Å². The van der Waals surface area contributed by atoms with Crippen LogP contribution in [0.1, 0.15) is 60.5 Å². The lowest BCUT2D eigenvalue weighted by Gasteiger charge is -2.36. The molecule has 8 nitrogen and oxygen atoms in total. The maximum Gasteiger partial charge on any atom is 0.184 e. The number of aryl methyl sites for hydroxylation is 2. The van der Waals surface area contributed by atoms with Crippen LogP contribution in [0.4, 0.5) is 0 Å². The van der Waals surface area contributed by atoms with Crippen molar-refractivity contribution in [1.82, 2.24) is 39.6 Å². The molecule has 0 aliphatic rings. The average molecular weight is 669 g/mol. The van der Waals surface area contributed by atoms with E-state index in [1.165, 1.54) is 5.56 Å². The van der Waals surface area contributed by atoms with Gasteiger partial charge in [-0.2, -0.15) is 5.10 Å². The molecule has 8 aromatic rings. The largest absolute Gasteiger partial charge is 0.307 e. The molecule has 0 aliphatic carbocycles. The van der Waals surface area contributed by atoms with Crippen molar-refractivity contribution in [2.75, 3.05) is 0 Å². The second-order valence-electron chi connectivity index (χ2n) is 12.9. The number of nitrogens with zero attached hydrogens (tertiary/aromatic N) is 8. The Labute approximate surface area is 298 Å². The first-order valence-electron chi connectivity index (χ1n) is 17.8. The van der Waals surface area contributed by atoms with Crippen molar-refractivity contribution in [1.29, 1.82) is 0 Å². The first-order valence-corrected chi connectivity index (χ1v) is 17.8. The Morgan fingerprint density at radius 3 is 1.80 bits per heavy atom. The first kappa shape index (κ1) is 32.1. The molecule has 0 amide bonds. The number of hydrogen-bond acceptors (Lipinski definition) is 5. The molecule has 5 aromatic carbocycles. The normalized spacial score (nSPS) is 11.7. The van der Waals surface area contributed by atoms with Gasteiger partial charge in [-0.25, -0.2) is 4.68 Å². The van der Waals surface area contributed by atoms with Crippen molar-refractivity contribution in [2.45, 2.75) is 51.6 Å². The van der Waals surface area contributed by atoms with Crippen molar-refractivity contribution in [3.8, 4) is 22.5 Å². The molecule has 0 saturated carbocycles. The SMILES string of the molecule is CCCCc1cc2n(Cc3ccc(-c4ccccc4-c4nnnn4C(c4ccccc4)(c4ccccc4)c4ccccc4)cc3)c(CC)nn2n1. The molecule has 0 saturated heterocycles. The molecule has 0 aliphatic heterocycles. The van der Waals surface area contributed by atoms with E-state index in [9.17, 15) is 0 Å². The highest BCUT2D eigenvalue weighted by molar-refractivity contribution is 5.81. The molecule has 8 rings (SSSR count). The predicted octanol–water partition coefficient (Wildman–Crippen LogP) is 8.64. The standard InChI is InChI=1S/C43H40N8/c1-3-5-23-37-30-41-49(40(4-2)46-51(41)45-37)31-32-26-28-33(29-27-32)38-24-15-16-25-39(38)42-44-47-48-50(42)43(34-17-9-6-10-18-34,35-19-11-7-12-20-35)36-21-13-8-14-22-36/h6-22,24-30H,3-5,23,31H2,1-2H3. The van der Waals surface area contributed by atoms with Gasteiger partial charge in [-0.05, 0) is 56.6 Å². The average Bonchev–Trinajstić information content (AvgIpc) is 3.92. The van der Waals surface area contributed by atoms with Gasteiger partial charge in [0.1, 0.15) is 11.4 Å². The highest BCUT2D eigenvalue weighted by Crippen LogP contribution is 2.43. The lowest BCUT2D eigenvalue weighted by molar-refractivity contribution is 0.451. The number of tetrazole rings is 1. The Balaban J connectivity index is 1.21. The molecule has 0 N–H and O–H groups in total. The number of fused-ring (bicyclic) bond motifs is 1. The molecule has 3 heterocycles. The Bertz CT molecular complexity index is 2260. The minimum atomic E-state index is -0.837. The summed E-state index contributed by atoms with van der Waals surface area (Å²) in [6.07, 6.45) is 4.09. The Morgan fingerprint density at radius 2 is 1.22 bits per heavy atom. The molecule has 0 bridgehead atoms. The fourth-order valence-corrected chi connectivity index (χ4v) is 7.27. The molecule has 0 unspecified atom stereocenters. The van der Waals surface area contributed by atoms with Crippen LogP contribution in [0.15, 0.2) is 146 Å². The number of hydrogen-bond donors (Lipinski definition) is 0. The minimum absolute atomic E-state index is 0.680. The molecule has 252 valence electrons. The van der Waals surface area contributed by atoms with E-state index in [0.29, 0.717) is 5.82 Å². The second-order valence-corrected chi connectivity index (χ2v) is 12.9. The monoisotopic (exact) mass is 668 g/mol. The fraction of sp³-hybridized carbons (Fsp3) is 0.186. The van der Waals surface area contributed by atoms with Gasteiger partial charge >= 0.3 is 0 Å². The summed E-state index contributed by atoms with van der Waals surface area (Å²) in [4.78, 5) is 0. The summed E-state index contributed by atoms with van der Waals surface area (Å²) in [5, 5.41) is 23.4. The maximum atomic E-state index is 4.80. The molecule has 0 atom stereocenters. The van der Waals surface area contributed by atoms with Gasteiger partial charge in [-0.1, -0.05) is 160 Å². The van der Waals surface area contributed by atoms with E-state index in [0.717, 1.165) is 82.8 Å². The summed E-state index contributed by atoms with van der Waals surface area (Å²) < 4.78 is 6.09. The molecular formula is C43H40N8. The smallest absolute Gasteiger partial charge is 0.184 e. The predicted molar refractivity (Wildman–Crippen MR) is 201 cm³/mol. The van der Waals surface area contributed by atoms with Crippen LogP contribution in [0.2, 0.25) is 0 Å². The van der Waals surface area contributed by atoms with Gasteiger partial charge in [0.2, 0.25) is 0 Å². The van der Waals surface area contributed by atoms with E-state index in [2.05, 4.69) is 151 Å². The molecule has 3 aromatic heterocycles. The third-order valence-corrected chi connectivity index (χ3v) is 9.76. The first-order chi connectivity index (χ1) is 25.2. The third kappa shape index (κ3) is 5.82. The minimum Gasteiger partial charge on any atom is -0.307 e. The lowest BCUT2D eigenvalue weighted by Crippen LogP contribution is -2.39. The van der Waals surface area contributed by atoms with E-state index in [4.69, 9.17) is 20.5 Å². The van der Waals surface area contributed by atoms with Crippen LogP contribution in [-0.4, -0.2) is 39.6 Å². The fourth-order valence-electron chi connectivity index (χ4n) is 7.27. The highest BCUT2D eigenvalue weighted by Gasteiger charge is 2.42. The van der Waals surface area contributed by atoms with Crippen LogP contribution in [0.3, 0.4) is 0 Å². The van der Waals surface area contributed by atoms with Crippen LogP contribution < -0.4 is 0 Å². The van der Waals surface area contributed by atoms with Crippen LogP contribution in [0, 0.1) is 0 Å². The maximum absolute atomic E-state index is 4.80. The van der Waals surface area contributed by atoms with Crippen molar-refractivity contribution in [3.63, 3.8) is 0 Å². The van der Waals surface area contributed by atoms with Crippen LogP contribution in [-0.2, 0) is 24.9 Å². The van der Waals surface area contributed by atoms with Gasteiger partial charge in [-0.3, -0.25) is 0 Å². The van der Waals surface area contributed by atoms with Gasteiger partial charge < -0.3 is 4.57 Å². The van der Waals surface area contributed by atoms with E-state index in [-0.39, 0.29) is 0 Å². The summed E-state index contributed by atoms with van der Waals surface area (Å²) >= 11 is 0. The Hall–Kier alpha value is -6.15. The zero-order valence-electron chi connectivity index (χ0n) is 29.0. The zero-order valence-corrected chi connectivity index (χ0v) is 29.0. The second kappa shape index (κ2) is 14.0. The summed E-state index contributed by atoms with van der Waals surface area (Å²) in [5.41, 5.74) is 8.78. The Morgan fingerprint density at radius 1 is 0.627 bits per heavy atom.